The van der Waals surface area contributed by atoms with Crippen LogP contribution in [0, 0.1) is 5.92 Å². The molecule has 0 saturated carbocycles. The molecule has 280 valence electrons. The maximum absolute atomic E-state index is 13.4. The Labute approximate surface area is 296 Å². The van der Waals surface area contributed by atoms with Crippen molar-refractivity contribution in [3.8, 4) is 0 Å². The summed E-state index contributed by atoms with van der Waals surface area (Å²) >= 11 is 0. The second-order valence-corrected chi connectivity index (χ2v) is 12.2. The zero-order valence-electron chi connectivity index (χ0n) is 29.3. The van der Waals surface area contributed by atoms with Gasteiger partial charge in [-0.25, -0.2) is 9.59 Å². The number of nitrogens with two attached hydrogens (primary N) is 1. The van der Waals surface area contributed by atoms with Crippen LogP contribution >= 0.6 is 0 Å². The van der Waals surface area contributed by atoms with Gasteiger partial charge in [-0.3, -0.25) is 33.7 Å². The number of unbranched alkanes of at least 4 members (excludes halogenated alkanes) is 2. The van der Waals surface area contributed by atoms with E-state index < -0.39 is 42.0 Å². The summed E-state index contributed by atoms with van der Waals surface area (Å²) in [6.45, 7) is 5.86. The van der Waals surface area contributed by atoms with Crippen molar-refractivity contribution < 1.29 is 48.2 Å². The monoisotopic (exact) mass is 715 g/mol. The normalized spacial score (nSPS) is 13.4. The minimum atomic E-state index is -1.04. The van der Waals surface area contributed by atoms with E-state index in [0.29, 0.717) is 36.9 Å². The lowest BCUT2D eigenvalue weighted by molar-refractivity contribution is -0.138. The first-order chi connectivity index (χ1) is 24.2. The summed E-state index contributed by atoms with van der Waals surface area (Å²) in [4.78, 5) is 99.5. The van der Waals surface area contributed by atoms with Crippen molar-refractivity contribution in [2.24, 2.45) is 11.7 Å². The molecule has 51 heavy (non-hydrogen) atoms. The van der Waals surface area contributed by atoms with Gasteiger partial charge in [-0.1, -0.05) is 32.4 Å². The average molecular weight is 716 g/mol. The highest BCUT2D eigenvalue weighted by atomic mass is 16.6. The zero-order valence-corrected chi connectivity index (χ0v) is 29.3. The first-order valence-corrected chi connectivity index (χ1v) is 16.9. The van der Waals surface area contributed by atoms with Gasteiger partial charge in [0.1, 0.15) is 18.7 Å². The number of amides is 8. The molecule has 0 spiro atoms. The van der Waals surface area contributed by atoms with E-state index in [1.165, 1.54) is 17.1 Å². The van der Waals surface area contributed by atoms with Gasteiger partial charge in [0.25, 0.3) is 11.8 Å². The van der Waals surface area contributed by atoms with Crippen LogP contribution in [0.4, 0.5) is 15.3 Å². The molecule has 0 bridgehead atoms. The standard InChI is InChI=1S/C34H49N7O10/c1-4-40(20-17-29(45)46)34(50)51-21-23-11-13-24(14-12-23)37-31(47)25(9-8-18-36-33(35)49)38-32(48)30(22(2)3)39-26(42)10-6-5-7-19-41-27(43)15-16-28(41)44/h11-16,22,25,30H,4-10,17-21H2,1-3H3,(H,37,47)(H,38,48)(H,39,42)(H,45,46)(H3,35,36,49)/t25-,30-/m0/s1. The van der Waals surface area contributed by atoms with Gasteiger partial charge in [-0.15, -0.1) is 0 Å². The van der Waals surface area contributed by atoms with Gasteiger partial charge < -0.3 is 41.7 Å². The summed E-state index contributed by atoms with van der Waals surface area (Å²) in [5.74, 6) is -3.54. The number of ether oxygens (including phenoxy) is 1. The number of benzene rings is 1. The molecule has 0 fully saturated rings. The molecule has 17 heteroatoms. The SMILES string of the molecule is CCN(CCC(=O)O)C(=O)OCc1ccc(NC(=O)[C@H](CCCNC(N)=O)NC(=O)[C@@H](NC(=O)CCCCCN2C(=O)C=CC2=O)C(C)C)cc1. The van der Waals surface area contributed by atoms with Crippen LogP contribution in [-0.4, -0.2) is 101 Å². The van der Waals surface area contributed by atoms with E-state index in [1.807, 2.05) is 0 Å². The van der Waals surface area contributed by atoms with Crippen LogP contribution in [0.15, 0.2) is 36.4 Å². The Morgan fingerprint density at radius 3 is 2.16 bits per heavy atom. The number of hydrogen-bond donors (Lipinski definition) is 6. The Morgan fingerprint density at radius 1 is 0.902 bits per heavy atom. The van der Waals surface area contributed by atoms with Crippen LogP contribution in [0.25, 0.3) is 0 Å². The maximum atomic E-state index is 13.4. The summed E-state index contributed by atoms with van der Waals surface area (Å²) in [5.41, 5.74) is 6.14. The summed E-state index contributed by atoms with van der Waals surface area (Å²) in [7, 11) is 0. The smallest absolute Gasteiger partial charge is 0.410 e. The van der Waals surface area contributed by atoms with Crippen molar-refractivity contribution >= 4 is 53.3 Å². The third-order valence-corrected chi connectivity index (χ3v) is 7.87. The molecule has 1 heterocycles. The van der Waals surface area contributed by atoms with E-state index in [9.17, 15) is 38.4 Å². The number of nitrogens with one attached hydrogen (secondary N) is 4. The van der Waals surface area contributed by atoms with Crippen molar-refractivity contribution in [2.45, 2.75) is 84.4 Å². The van der Waals surface area contributed by atoms with Gasteiger partial charge >= 0.3 is 18.1 Å². The van der Waals surface area contributed by atoms with Crippen LogP contribution in [0.2, 0.25) is 0 Å². The van der Waals surface area contributed by atoms with E-state index in [2.05, 4.69) is 21.3 Å². The molecule has 2 atom stereocenters. The number of carboxylic acids is 1. The number of rotatable bonds is 22. The Balaban J connectivity index is 1.95. The van der Waals surface area contributed by atoms with E-state index in [-0.39, 0.29) is 75.7 Å². The molecular formula is C34H49N7O10. The molecule has 8 amide bonds. The van der Waals surface area contributed by atoms with Crippen LogP contribution in [-0.2, 0) is 40.1 Å². The van der Waals surface area contributed by atoms with Crippen molar-refractivity contribution in [1.29, 1.82) is 0 Å². The number of imide groups is 1. The fourth-order valence-corrected chi connectivity index (χ4v) is 4.97. The summed E-state index contributed by atoms with van der Waals surface area (Å²) in [5, 5.41) is 19.5. The number of carbonyl (C=O) groups excluding carboxylic acids is 7. The van der Waals surface area contributed by atoms with Gasteiger partial charge in [0, 0.05) is 50.4 Å². The highest BCUT2D eigenvalue weighted by molar-refractivity contribution is 6.12. The number of carboxylic acid groups (broad SMARTS) is 1. The van der Waals surface area contributed by atoms with Gasteiger partial charge in [0.05, 0.1) is 6.42 Å². The number of carbonyl (C=O) groups is 8. The lowest BCUT2D eigenvalue weighted by atomic mass is 10.0. The van der Waals surface area contributed by atoms with Crippen molar-refractivity contribution in [2.75, 3.05) is 31.5 Å². The molecule has 17 nitrogen and oxygen atoms in total. The number of aliphatic carboxylic acids is 1. The maximum Gasteiger partial charge on any atom is 0.410 e. The number of nitrogens with zero attached hydrogens (tertiary/aromatic N) is 2. The van der Waals surface area contributed by atoms with Crippen LogP contribution in [0.5, 0.6) is 0 Å². The van der Waals surface area contributed by atoms with Crippen molar-refractivity contribution in [3.63, 3.8) is 0 Å². The van der Waals surface area contributed by atoms with Crippen LogP contribution in [0.1, 0.15) is 71.3 Å². The molecule has 1 aliphatic heterocycles. The number of urea groups is 1. The number of primary amides is 1. The van der Waals surface area contributed by atoms with Gasteiger partial charge in [0.2, 0.25) is 17.7 Å². The molecule has 1 aromatic rings. The molecule has 0 aromatic heterocycles. The van der Waals surface area contributed by atoms with Crippen LogP contribution in [0.3, 0.4) is 0 Å². The molecule has 1 aliphatic rings. The summed E-state index contributed by atoms with van der Waals surface area (Å²) in [6, 6.07) is 3.73. The highest BCUT2D eigenvalue weighted by Crippen LogP contribution is 2.14. The summed E-state index contributed by atoms with van der Waals surface area (Å²) in [6.07, 6.45) is 3.74. The second-order valence-electron chi connectivity index (χ2n) is 12.2. The van der Waals surface area contributed by atoms with Crippen LogP contribution < -0.4 is 27.0 Å². The Bertz CT molecular complexity index is 1410. The Kier molecular flexibility index (Phi) is 17.6. The highest BCUT2D eigenvalue weighted by Gasteiger charge is 2.29. The van der Waals surface area contributed by atoms with E-state index in [0.717, 1.165) is 4.90 Å². The largest absolute Gasteiger partial charge is 0.481 e. The number of hydrogen-bond acceptors (Lipinski definition) is 9. The molecule has 2 rings (SSSR count). The summed E-state index contributed by atoms with van der Waals surface area (Å²) < 4.78 is 5.28. The Hall–Kier alpha value is -5.48. The van der Waals surface area contributed by atoms with Gasteiger partial charge in [-0.2, -0.15) is 0 Å². The quantitative estimate of drug-likeness (QED) is 0.0748. The molecular weight excluding hydrogens is 666 g/mol. The molecule has 0 aliphatic carbocycles. The molecule has 0 radical (unpaired) electrons. The topological polar surface area (TPSA) is 247 Å². The lowest BCUT2D eigenvalue weighted by Gasteiger charge is -2.25. The molecule has 0 unspecified atom stereocenters. The van der Waals surface area contributed by atoms with E-state index >= 15 is 0 Å². The van der Waals surface area contributed by atoms with Gasteiger partial charge in [-0.05, 0) is 56.2 Å². The third-order valence-electron chi connectivity index (χ3n) is 7.87. The fraction of sp³-hybridized carbons (Fsp3) is 0.529. The minimum absolute atomic E-state index is 0.0172. The second kappa shape index (κ2) is 21.6. The minimum Gasteiger partial charge on any atom is -0.481 e. The first-order valence-electron chi connectivity index (χ1n) is 16.9. The van der Waals surface area contributed by atoms with Gasteiger partial charge in [0.15, 0.2) is 0 Å². The fourth-order valence-electron chi connectivity index (χ4n) is 4.97. The van der Waals surface area contributed by atoms with E-state index in [1.54, 1.807) is 45.0 Å². The first kappa shape index (κ1) is 41.7. The molecule has 7 N–H and O–H groups in total. The number of anilines is 1. The molecule has 0 saturated heterocycles. The average Bonchev–Trinajstić information content (AvgIpc) is 3.40. The lowest BCUT2D eigenvalue weighted by Crippen LogP contribution is -2.54. The van der Waals surface area contributed by atoms with E-state index in [4.69, 9.17) is 15.6 Å². The predicted octanol–water partition coefficient (Wildman–Crippen LogP) is 1.62. The van der Waals surface area contributed by atoms with Crippen molar-refractivity contribution in [1.82, 2.24) is 25.8 Å². The predicted molar refractivity (Wildman–Crippen MR) is 185 cm³/mol. The molecule has 1 aromatic carbocycles. The third kappa shape index (κ3) is 15.3. The Morgan fingerprint density at radius 2 is 1.57 bits per heavy atom. The zero-order chi connectivity index (χ0) is 37.9. The van der Waals surface area contributed by atoms with Crippen molar-refractivity contribution in [3.05, 3.63) is 42.0 Å².